The van der Waals surface area contributed by atoms with Crippen molar-refractivity contribution in [2.45, 2.75) is 199 Å². The fourth-order valence-electron chi connectivity index (χ4n) is 14.7. The van der Waals surface area contributed by atoms with E-state index in [2.05, 4.69) is 42.5 Å². The van der Waals surface area contributed by atoms with Crippen LogP contribution in [0.4, 0.5) is 0 Å². The average Bonchev–Trinajstić information content (AvgIpc) is 2.00. The molecule has 2 saturated heterocycles. The Kier molecular flexibility index (Phi) is 18.2. The van der Waals surface area contributed by atoms with Crippen molar-refractivity contribution in [1.82, 2.24) is 19.8 Å². The minimum absolute atomic E-state index is 0.0118. The van der Waals surface area contributed by atoms with E-state index in [1.54, 1.807) is 11.0 Å². The minimum atomic E-state index is -0.871. The van der Waals surface area contributed by atoms with Crippen LogP contribution in [0.3, 0.4) is 0 Å². The lowest BCUT2D eigenvalue weighted by molar-refractivity contribution is -0.159. The zero-order valence-corrected chi connectivity index (χ0v) is 50.5. The maximum atomic E-state index is 14.5. The van der Waals surface area contributed by atoms with Gasteiger partial charge >= 0.3 is 23.9 Å². The summed E-state index contributed by atoms with van der Waals surface area (Å²) in [5, 5.41) is 1.53. The maximum Gasteiger partial charge on any atom is 0.328 e. The van der Waals surface area contributed by atoms with Crippen LogP contribution in [0.5, 0.6) is 11.8 Å². The maximum absolute atomic E-state index is 14.5. The van der Waals surface area contributed by atoms with Gasteiger partial charge in [-0.25, -0.2) is 14.6 Å². The first-order valence-corrected chi connectivity index (χ1v) is 31.6. The number of nitrogens with zero attached hydrogens (tertiary/aromatic N) is 3. The number of ether oxygens (including phenoxy) is 6. The van der Waals surface area contributed by atoms with Crippen LogP contribution >= 0.6 is 0 Å². The topological polar surface area (TPSA) is 210 Å². The first-order chi connectivity index (χ1) is 41.5. The molecule has 2 aromatic heterocycles. The van der Waals surface area contributed by atoms with Crippen LogP contribution < -0.4 is 14.9 Å². The second-order valence-corrected chi connectivity index (χ2v) is 26.0. The number of aryl methyl sites for hydroxylation is 1. The highest BCUT2D eigenvalue weighted by atomic mass is 16.6. The minimum Gasteiger partial charge on any atom is -0.473 e. The number of para-hydroxylation sites is 2. The lowest BCUT2D eigenvalue weighted by atomic mass is 9.65. The van der Waals surface area contributed by atoms with Crippen LogP contribution in [0.2, 0.25) is 0 Å². The summed E-state index contributed by atoms with van der Waals surface area (Å²) in [5.41, 5.74) is 2.45. The van der Waals surface area contributed by atoms with Gasteiger partial charge in [0.25, 0.3) is 0 Å². The third kappa shape index (κ3) is 13.1. The summed E-state index contributed by atoms with van der Waals surface area (Å²) in [6, 6.07) is 13.5. The molecule has 8 aliphatic rings. The fraction of sp³-hybridized carbons (Fsp3) is 0.594. The van der Waals surface area contributed by atoms with Crippen LogP contribution in [0.15, 0.2) is 53.3 Å². The Hall–Kier alpha value is -7.40. The molecule has 456 valence electrons. The summed E-state index contributed by atoms with van der Waals surface area (Å²) in [5.74, 6) is 10.8. The van der Waals surface area contributed by atoms with Crippen LogP contribution in [0.25, 0.3) is 21.8 Å². The standard InChI is InChI=1S/C35H42N2O6.C34H40N2O7/c1-22-25-13-8-9-15-28(25)36-32-26(22)14-7-4-6-12-23-18-30(23)43-31(38)20-27(35(2)16-10-5-11-17-35)33(39)37-21-24(42-32)19-29(37)34(40)41-3;1-34(15-9-4-10-16-34)25-19-29(37)43-28-17-21(28)11-5-3-6-13-24-30(38)23-12-7-8-14-26(23)35-31(24)42-22-18-27(33(40)41-2)36(20-22)32(25)39/h8-9,13,15,23-24,27,29-30H,4-6,10-12,16-21H2,1-3H3;7-8,12,14,21-22,25,27-28H,3-5,9-11,15-20H2,1-2H3,(H,35,38)/t23-,24-,27-,29+,30-;21-,22-,25-,27+,28-/m11/s1. The van der Waals surface area contributed by atoms with Gasteiger partial charge in [-0.1, -0.05) is 106 Å². The molecule has 4 saturated carbocycles. The number of esters is 4. The number of fused-ring (bicyclic) bond motifs is 10. The van der Waals surface area contributed by atoms with Crippen LogP contribution in [0, 0.1) is 65.1 Å². The molecule has 10 atom stereocenters. The number of aromatic nitrogens is 2. The summed E-state index contributed by atoms with van der Waals surface area (Å²) in [6.45, 7) is 6.57. The summed E-state index contributed by atoms with van der Waals surface area (Å²) < 4.78 is 35.0. The van der Waals surface area contributed by atoms with E-state index in [9.17, 15) is 33.6 Å². The molecule has 6 heterocycles. The number of amides is 2. The van der Waals surface area contributed by atoms with E-state index in [1.165, 1.54) is 19.1 Å². The molecule has 4 aromatic rings. The number of hydrogen-bond acceptors (Lipinski definition) is 14. The third-order valence-corrected chi connectivity index (χ3v) is 20.1. The van der Waals surface area contributed by atoms with E-state index < -0.39 is 48.1 Å². The molecule has 0 spiro atoms. The van der Waals surface area contributed by atoms with Gasteiger partial charge in [-0.15, -0.1) is 0 Å². The number of rotatable bonds is 4. The number of carbonyl (C=O) groups is 6. The Bertz CT molecular complexity index is 3450. The highest BCUT2D eigenvalue weighted by Crippen LogP contribution is 2.49. The average molecular weight is 1180 g/mol. The van der Waals surface area contributed by atoms with Crippen molar-refractivity contribution in [1.29, 1.82) is 0 Å². The lowest BCUT2D eigenvalue weighted by Gasteiger charge is -2.41. The van der Waals surface area contributed by atoms with E-state index in [0.717, 1.165) is 131 Å². The molecule has 0 unspecified atom stereocenters. The second-order valence-electron chi connectivity index (χ2n) is 26.0. The number of benzene rings is 2. The SMILES string of the molecule is COC(=O)[C@@H]1C[C@@H]2CN1C(=O)[C@H](C1(C)CCCCC1)CC(=O)O[C@@H]1C[C@H]1CCCC#Cc1c([nH]c3ccccc3c1=O)O2.COC(=O)[C@@H]1C[C@@H]2CN1C(=O)[C@H](C1(C)CCCCC1)CC(=O)O[C@@H]1C[C@H]1CCCC#Cc1c(nc3ccccc3c1C)O2. The molecule has 12 rings (SSSR count). The lowest BCUT2D eigenvalue weighted by Crippen LogP contribution is -2.49. The van der Waals surface area contributed by atoms with Crippen molar-refractivity contribution in [2.24, 2.45) is 34.5 Å². The number of H-pyrrole nitrogens is 1. The normalized spacial score (nSPS) is 29.1. The molecule has 86 heavy (non-hydrogen) atoms. The zero-order chi connectivity index (χ0) is 60.3. The van der Waals surface area contributed by atoms with Gasteiger partial charge in [-0.05, 0) is 118 Å². The number of carbonyl (C=O) groups excluding carboxylic acids is 6. The van der Waals surface area contributed by atoms with E-state index >= 15 is 0 Å². The number of pyridine rings is 2. The van der Waals surface area contributed by atoms with Crippen molar-refractivity contribution in [3.8, 4) is 35.4 Å². The number of methoxy groups -OCH3 is 2. The number of hydrogen-bond donors (Lipinski definition) is 1. The van der Waals surface area contributed by atoms with Gasteiger partial charge in [0.2, 0.25) is 29.0 Å². The molecule has 4 bridgehead atoms. The molecule has 17 heteroatoms. The van der Waals surface area contributed by atoms with Crippen molar-refractivity contribution in [3.05, 3.63) is 75.4 Å². The van der Waals surface area contributed by atoms with Crippen LogP contribution in [0.1, 0.15) is 172 Å². The molecular weight excluding hydrogens is 1090 g/mol. The third-order valence-electron chi connectivity index (χ3n) is 20.1. The summed E-state index contributed by atoms with van der Waals surface area (Å²) in [6.07, 6.45) is 15.4. The number of aromatic amines is 1. The molecule has 6 fully saturated rings. The highest BCUT2D eigenvalue weighted by molar-refractivity contribution is 5.91. The van der Waals surface area contributed by atoms with E-state index in [1.807, 2.05) is 49.4 Å². The second kappa shape index (κ2) is 25.9. The molecular formula is C69H82N4O13. The molecule has 0 radical (unpaired) electrons. The van der Waals surface area contributed by atoms with Crippen LogP contribution in [-0.2, 0) is 47.7 Å². The molecule has 2 amide bonds. The summed E-state index contributed by atoms with van der Waals surface area (Å²) >= 11 is 0. The summed E-state index contributed by atoms with van der Waals surface area (Å²) in [4.78, 5) is 106. The van der Waals surface area contributed by atoms with Gasteiger partial charge in [0, 0.05) is 36.5 Å². The monoisotopic (exact) mass is 1170 g/mol. The Balaban J connectivity index is 0.000000179. The predicted octanol–water partition coefficient (Wildman–Crippen LogP) is 10.0. The van der Waals surface area contributed by atoms with Gasteiger partial charge in [-0.3, -0.25) is 24.0 Å². The predicted molar refractivity (Wildman–Crippen MR) is 320 cm³/mol. The fourth-order valence-corrected chi connectivity index (χ4v) is 14.7. The van der Waals surface area contributed by atoms with Gasteiger partial charge in [0.1, 0.15) is 42.1 Å². The van der Waals surface area contributed by atoms with E-state index in [4.69, 9.17) is 33.4 Å². The van der Waals surface area contributed by atoms with Gasteiger partial charge in [0.05, 0.1) is 68.6 Å². The molecule has 4 aliphatic carbocycles. The summed E-state index contributed by atoms with van der Waals surface area (Å²) in [7, 11) is 2.64. The molecule has 4 aliphatic heterocycles. The number of nitrogens with one attached hydrogen (secondary N) is 1. The van der Waals surface area contributed by atoms with Crippen molar-refractivity contribution in [2.75, 3.05) is 27.3 Å². The smallest absolute Gasteiger partial charge is 0.328 e. The Morgan fingerprint density at radius 3 is 1.63 bits per heavy atom. The first-order valence-electron chi connectivity index (χ1n) is 31.6. The quantitative estimate of drug-likeness (QED) is 0.115. The Morgan fingerprint density at radius 2 is 1.09 bits per heavy atom. The van der Waals surface area contributed by atoms with Crippen molar-refractivity contribution < 1.29 is 57.2 Å². The molecule has 1 N–H and O–H groups in total. The van der Waals surface area contributed by atoms with Crippen molar-refractivity contribution in [3.63, 3.8) is 0 Å². The Labute approximate surface area is 503 Å². The first kappa shape index (κ1) is 60.3. The van der Waals surface area contributed by atoms with Gasteiger partial charge < -0.3 is 43.2 Å². The van der Waals surface area contributed by atoms with E-state index in [0.29, 0.717) is 29.1 Å². The van der Waals surface area contributed by atoms with E-state index in [-0.39, 0.29) is 108 Å². The van der Waals surface area contributed by atoms with Gasteiger partial charge in [0.15, 0.2) is 0 Å². The van der Waals surface area contributed by atoms with Crippen LogP contribution in [-0.4, -0.2) is 119 Å². The van der Waals surface area contributed by atoms with Gasteiger partial charge in [-0.2, -0.15) is 0 Å². The molecule has 2 aromatic carbocycles. The zero-order valence-electron chi connectivity index (χ0n) is 50.5. The Morgan fingerprint density at radius 1 is 0.605 bits per heavy atom. The molecule has 17 nitrogen and oxygen atoms in total. The largest absolute Gasteiger partial charge is 0.473 e. The highest BCUT2D eigenvalue weighted by Gasteiger charge is 2.52. The van der Waals surface area contributed by atoms with Crippen molar-refractivity contribution >= 4 is 57.5 Å².